The average Bonchev–Trinajstić information content (AvgIpc) is 2.33. The molecule has 6 nitrogen and oxygen atoms in total. The molecule has 2 aromatic rings. The lowest BCUT2D eigenvalue weighted by Gasteiger charge is -2.08. The predicted octanol–water partition coefficient (Wildman–Crippen LogP) is 0.999. The quantitative estimate of drug-likeness (QED) is 0.809. The molecule has 0 spiro atoms. The van der Waals surface area contributed by atoms with Gasteiger partial charge in [0.25, 0.3) is 10.0 Å². The normalized spacial score (nSPS) is 11.2. The second kappa shape index (κ2) is 4.57. The van der Waals surface area contributed by atoms with Gasteiger partial charge in [-0.2, -0.15) is 5.10 Å². The van der Waals surface area contributed by atoms with Crippen molar-refractivity contribution in [2.75, 3.05) is 10.5 Å². The van der Waals surface area contributed by atoms with Gasteiger partial charge < -0.3 is 5.73 Å². The average molecular weight is 268 g/mol. The molecule has 0 amide bonds. The van der Waals surface area contributed by atoms with Gasteiger partial charge >= 0.3 is 0 Å². The summed E-state index contributed by atoms with van der Waals surface area (Å²) in [7, 11) is -3.98. The van der Waals surface area contributed by atoms with E-state index >= 15 is 0 Å². The van der Waals surface area contributed by atoms with Crippen molar-refractivity contribution < 1.29 is 12.8 Å². The van der Waals surface area contributed by atoms with Gasteiger partial charge in [0.15, 0.2) is 5.82 Å². The van der Waals surface area contributed by atoms with Gasteiger partial charge in [-0.15, -0.1) is 5.10 Å². The van der Waals surface area contributed by atoms with E-state index in [1.54, 1.807) is 0 Å². The van der Waals surface area contributed by atoms with Crippen LogP contribution in [0.1, 0.15) is 0 Å². The molecular formula is C10H9FN4O2S. The van der Waals surface area contributed by atoms with Crippen molar-refractivity contribution in [3.05, 3.63) is 42.3 Å². The molecule has 0 saturated carbocycles. The first kappa shape index (κ1) is 12.2. The fraction of sp³-hybridized carbons (Fsp3) is 0. The van der Waals surface area contributed by atoms with Gasteiger partial charge in [0.1, 0.15) is 10.7 Å². The van der Waals surface area contributed by atoms with Crippen LogP contribution in [0, 0.1) is 5.82 Å². The summed E-state index contributed by atoms with van der Waals surface area (Å²) in [5.74, 6) is -0.662. The number of nitrogens with two attached hydrogens (primary N) is 1. The van der Waals surface area contributed by atoms with E-state index in [1.807, 2.05) is 0 Å². The zero-order valence-electron chi connectivity index (χ0n) is 9.04. The van der Waals surface area contributed by atoms with Crippen molar-refractivity contribution in [2.24, 2.45) is 0 Å². The highest BCUT2D eigenvalue weighted by Gasteiger charge is 2.18. The fourth-order valence-electron chi connectivity index (χ4n) is 1.29. The number of hydrogen-bond donors (Lipinski definition) is 2. The number of aromatic nitrogens is 2. The molecule has 0 saturated heterocycles. The van der Waals surface area contributed by atoms with E-state index in [0.29, 0.717) is 0 Å². The van der Waals surface area contributed by atoms with Crippen molar-refractivity contribution in [3.8, 4) is 0 Å². The summed E-state index contributed by atoms with van der Waals surface area (Å²) in [6.45, 7) is 0. The summed E-state index contributed by atoms with van der Waals surface area (Å²) in [6, 6.07) is 6.03. The number of rotatable bonds is 3. The van der Waals surface area contributed by atoms with Crippen LogP contribution in [0.3, 0.4) is 0 Å². The molecule has 0 aliphatic rings. The van der Waals surface area contributed by atoms with Crippen LogP contribution in [0.15, 0.2) is 41.4 Å². The van der Waals surface area contributed by atoms with E-state index in [2.05, 4.69) is 14.9 Å². The molecule has 0 radical (unpaired) electrons. The first-order valence-electron chi connectivity index (χ1n) is 4.84. The molecule has 8 heteroatoms. The lowest BCUT2D eigenvalue weighted by atomic mass is 10.3. The van der Waals surface area contributed by atoms with Gasteiger partial charge in [-0.1, -0.05) is 0 Å². The van der Waals surface area contributed by atoms with E-state index in [0.717, 1.165) is 12.1 Å². The molecule has 0 aliphatic carbocycles. The summed E-state index contributed by atoms with van der Waals surface area (Å²) in [6.07, 6.45) is 1.40. The molecule has 94 valence electrons. The van der Waals surface area contributed by atoms with Gasteiger partial charge in [-0.3, -0.25) is 4.72 Å². The Morgan fingerprint density at radius 3 is 2.72 bits per heavy atom. The van der Waals surface area contributed by atoms with E-state index in [4.69, 9.17) is 5.73 Å². The van der Waals surface area contributed by atoms with Gasteiger partial charge in [0.2, 0.25) is 0 Å². The van der Waals surface area contributed by atoms with Crippen molar-refractivity contribution in [1.29, 1.82) is 0 Å². The third-order valence-electron chi connectivity index (χ3n) is 2.08. The van der Waals surface area contributed by atoms with E-state index in [9.17, 15) is 12.8 Å². The first-order chi connectivity index (χ1) is 8.49. The number of sulfonamides is 1. The zero-order chi connectivity index (χ0) is 13.2. The van der Waals surface area contributed by atoms with Crippen LogP contribution in [-0.4, -0.2) is 18.6 Å². The standard InChI is InChI=1S/C10H9FN4O2S/c11-7-3-4-8(12)9(6-7)18(16,17)15-10-2-1-5-13-14-10/h1-6H,12H2,(H,14,15). The van der Waals surface area contributed by atoms with Crippen molar-refractivity contribution >= 4 is 21.5 Å². The molecule has 1 heterocycles. The Hall–Kier alpha value is -2.22. The minimum atomic E-state index is -3.98. The topological polar surface area (TPSA) is 98.0 Å². The fourth-order valence-corrected chi connectivity index (χ4v) is 2.43. The molecule has 3 N–H and O–H groups in total. The highest BCUT2D eigenvalue weighted by molar-refractivity contribution is 7.92. The molecule has 0 aliphatic heterocycles. The summed E-state index contributed by atoms with van der Waals surface area (Å²) >= 11 is 0. The first-order valence-corrected chi connectivity index (χ1v) is 6.33. The van der Waals surface area contributed by atoms with E-state index in [-0.39, 0.29) is 16.4 Å². The number of benzene rings is 1. The van der Waals surface area contributed by atoms with Crippen LogP contribution in [0.5, 0.6) is 0 Å². The molecule has 0 unspecified atom stereocenters. The lowest BCUT2D eigenvalue weighted by Crippen LogP contribution is -2.16. The third kappa shape index (κ3) is 2.54. The Labute approximate surface area is 103 Å². The molecule has 1 aromatic heterocycles. The van der Waals surface area contributed by atoms with Crippen LogP contribution in [0.2, 0.25) is 0 Å². The largest absolute Gasteiger partial charge is 0.398 e. The smallest absolute Gasteiger partial charge is 0.265 e. The Bertz CT molecular complexity index is 661. The maximum Gasteiger partial charge on any atom is 0.265 e. The van der Waals surface area contributed by atoms with Crippen molar-refractivity contribution in [3.63, 3.8) is 0 Å². The summed E-state index contributed by atoms with van der Waals surface area (Å²) in [4.78, 5) is -0.340. The minimum absolute atomic E-state index is 0.0289. The molecular weight excluding hydrogens is 259 g/mol. The van der Waals surface area contributed by atoms with E-state index < -0.39 is 15.8 Å². The van der Waals surface area contributed by atoms with Gasteiger partial charge in [0.05, 0.1) is 5.69 Å². The Balaban J connectivity index is 2.40. The monoisotopic (exact) mass is 268 g/mol. The van der Waals surface area contributed by atoms with Crippen molar-refractivity contribution in [2.45, 2.75) is 4.90 Å². The number of anilines is 2. The van der Waals surface area contributed by atoms with Gasteiger partial charge in [-0.05, 0) is 30.3 Å². The molecule has 18 heavy (non-hydrogen) atoms. The van der Waals surface area contributed by atoms with Gasteiger partial charge in [0, 0.05) is 6.20 Å². The number of halogens is 1. The Kier molecular flexibility index (Phi) is 3.11. The molecule has 0 fully saturated rings. The predicted molar refractivity (Wildman–Crippen MR) is 63.7 cm³/mol. The van der Waals surface area contributed by atoms with Crippen LogP contribution in [0.25, 0.3) is 0 Å². The molecule has 2 rings (SSSR count). The molecule has 0 bridgehead atoms. The summed E-state index contributed by atoms with van der Waals surface area (Å²) in [5.41, 5.74) is 5.46. The number of nitrogens with zero attached hydrogens (tertiary/aromatic N) is 2. The molecule has 0 atom stereocenters. The van der Waals surface area contributed by atoms with Crippen molar-refractivity contribution in [1.82, 2.24) is 10.2 Å². The summed E-state index contributed by atoms with van der Waals surface area (Å²) < 4.78 is 39.1. The summed E-state index contributed by atoms with van der Waals surface area (Å²) in [5, 5.41) is 7.09. The lowest BCUT2D eigenvalue weighted by molar-refractivity contribution is 0.595. The highest BCUT2D eigenvalue weighted by atomic mass is 32.2. The minimum Gasteiger partial charge on any atom is -0.398 e. The van der Waals surface area contributed by atoms with Crippen LogP contribution in [-0.2, 0) is 10.0 Å². The maximum absolute atomic E-state index is 13.0. The highest BCUT2D eigenvalue weighted by Crippen LogP contribution is 2.21. The number of nitrogens with one attached hydrogen (secondary N) is 1. The SMILES string of the molecule is Nc1ccc(F)cc1S(=O)(=O)Nc1cccnn1. The Morgan fingerprint density at radius 1 is 1.28 bits per heavy atom. The van der Waals surface area contributed by atoms with Crippen LogP contribution < -0.4 is 10.5 Å². The molecule has 1 aromatic carbocycles. The van der Waals surface area contributed by atoms with Gasteiger partial charge in [-0.25, -0.2) is 12.8 Å². The van der Waals surface area contributed by atoms with Crippen LogP contribution >= 0.6 is 0 Å². The Morgan fingerprint density at radius 2 is 2.06 bits per heavy atom. The van der Waals surface area contributed by atoms with Crippen LogP contribution in [0.4, 0.5) is 15.9 Å². The number of hydrogen-bond acceptors (Lipinski definition) is 5. The number of nitrogen functional groups attached to an aromatic ring is 1. The zero-order valence-corrected chi connectivity index (χ0v) is 9.86. The third-order valence-corrected chi connectivity index (χ3v) is 3.49. The maximum atomic E-state index is 13.0. The van der Waals surface area contributed by atoms with E-state index in [1.165, 1.54) is 24.4 Å². The second-order valence-electron chi connectivity index (χ2n) is 3.40. The second-order valence-corrected chi connectivity index (χ2v) is 5.05.